The first kappa shape index (κ1) is 22.0. The van der Waals surface area contributed by atoms with Crippen molar-refractivity contribution in [2.75, 3.05) is 32.8 Å². The predicted octanol–water partition coefficient (Wildman–Crippen LogP) is 3.97. The second-order valence-corrected chi connectivity index (χ2v) is 9.47. The van der Waals surface area contributed by atoms with Crippen LogP contribution in [0.15, 0.2) is 29.6 Å². The van der Waals surface area contributed by atoms with Crippen molar-refractivity contribution in [1.29, 1.82) is 0 Å². The van der Waals surface area contributed by atoms with E-state index in [1.54, 1.807) is 11.3 Å². The molecule has 1 aromatic carbocycles. The summed E-state index contributed by atoms with van der Waals surface area (Å²) < 4.78 is 5.48. The molecule has 8 heteroatoms. The fraction of sp³-hybridized carbons (Fsp3) is 0.524. The summed E-state index contributed by atoms with van der Waals surface area (Å²) in [4.78, 5) is 19.3. The standard InChI is InChI=1S/C21H29ClN4O2S/c1-21(2,3)19-25-17(14-29-19)12-23-20(27)24-13-18(26-8-10-28-11-9-26)15-4-6-16(22)7-5-15/h4-7,14,18H,8-13H2,1-3H3,(H2,23,24,27). The monoisotopic (exact) mass is 436 g/mol. The van der Waals surface area contributed by atoms with E-state index in [0.717, 1.165) is 29.4 Å². The number of nitrogens with zero attached hydrogens (tertiary/aromatic N) is 2. The fourth-order valence-electron chi connectivity index (χ4n) is 3.19. The molecule has 3 rings (SSSR count). The molecule has 0 aliphatic carbocycles. The zero-order chi connectivity index (χ0) is 20.9. The number of hydrogen-bond acceptors (Lipinski definition) is 5. The molecule has 2 amide bonds. The van der Waals surface area contributed by atoms with Gasteiger partial charge in [-0.25, -0.2) is 9.78 Å². The van der Waals surface area contributed by atoms with Crippen LogP contribution in [-0.4, -0.2) is 48.8 Å². The van der Waals surface area contributed by atoms with Crippen molar-refractivity contribution in [2.24, 2.45) is 0 Å². The maximum Gasteiger partial charge on any atom is 0.315 e. The Balaban J connectivity index is 1.56. The molecular weight excluding hydrogens is 408 g/mol. The van der Waals surface area contributed by atoms with Crippen LogP contribution >= 0.6 is 22.9 Å². The van der Waals surface area contributed by atoms with Gasteiger partial charge < -0.3 is 15.4 Å². The van der Waals surface area contributed by atoms with E-state index in [4.69, 9.17) is 16.3 Å². The number of rotatable bonds is 6. The van der Waals surface area contributed by atoms with Gasteiger partial charge in [-0.15, -0.1) is 11.3 Å². The molecule has 1 unspecified atom stereocenters. The minimum atomic E-state index is -0.192. The molecule has 1 aliphatic rings. The molecule has 1 fully saturated rings. The second-order valence-electron chi connectivity index (χ2n) is 8.17. The van der Waals surface area contributed by atoms with E-state index in [-0.39, 0.29) is 17.5 Å². The van der Waals surface area contributed by atoms with E-state index < -0.39 is 0 Å². The summed E-state index contributed by atoms with van der Waals surface area (Å²) in [5.74, 6) is 0. The quantitative estimate of drug-likeness (QED) is 0.719. The van der Waals surface area contributed by atoms with Gasteiger partial charge in [0.2, 0.25) is 0 Å². The number of benzene rings is 1. The van der Waals surface area contributed by atoms with E-state index in [2.05, 4.69) is 41.3 Å². The van der Waals surface area contributed by atoms with Gasteiger partial charge in [0, 0.05) is 35.5 Å². The molecule has 2 heterocycles. The molecule has 0 bridgehead atoms. The van der Waals surface area contributed by atoms with Crippen LogP contribution in [0, 0.1) is 0 Å². The normalized spacial score (nSPS) is 16.4. The van der Waals surface area contributed by atoms with E-state index in [1.807, 2.05) is 29.6 Å². The average molecular weight is 437 g/mol. The van der Waals surface area contributed by atoms with Gasteiger partial charge in [0.25, 0.3) is 0 Å². The molecular formula is C21H29ClN4O2S. The van der Waals surface area contributed by atoms with Crippen LogP contribution in [0.2, 0.25) is 5.02 Å². The van der Waals surface area contributed by atoms with Crippen LogP contribution in [0.3, 0.4) is 0 Å². The van der Waals surface area contributed by atoms with Crippen LogP contribution in [0.1, 0.15) is 43.1 Å². The van der Waals surface area contributed by atoms with Gasteiger partial charge in [-0.05, 0) is 17.7 Å². The lowest BCUT2D eigenvalue weighted by Crippen LogP contribution is -2.45. The summed E-state index contributed by atoms with van der Waals surface area (Å²) >= 11 is 7.67. The summed E-state index contributed by atoms with van der Waals surface area (Å²) in [5, 5.41) is 9.71. The van der Waals surface area contributed by atoms with E-state index in [9.17, 15) is 4.79 Å². The van der Waals surface area contributed by atoms with Gasteiger partial charge in [-0.2, -0.15) is 0 Å². The molecule has 2 N–H and O–H groups in total. The van der Waals surface area contributed by atoms with Gasteiger partial charge >= 0.3 is 6.03 Å². The molecule has 0 radical (unpaired) electrons. The number of amides is 2. The van der Waals surface area contributed by atoms with Gasteiger partial charge in [0.1, 0.15) is 0 Å². The Kier molecular flexibility index (Phi) is 7.51. The SMILES string of the molecule is CC(C)(C)c1nc(CNC(=O)NCC(c2ccc(Cl)cc2)N2CCOCC2)cs1. The average Bonchev–Trinajstić information content (AvgIpc) is 3.18. The Morgan fingerprint density at radius 1 is 1.24 bits per heavy atom. The first-order valence-corrected chi connectivity index (χ1v) is 11.1. The Bertz CT molecular complexity index is 798. The zero-order valence-electron chi connectivity index (χ0n) is 17.2. The zero-order valence-corrected chi connectivity index (χ0v) is 18.8. The minimum absolute atomic E-state index is 0.0230. The van der Waals surface area contributed by atoms with Gasteiger partial charge in [-0.1, -0.05) is 44.5 Å². The van der Waals surface area contributed by atoms with Gasteiger partial charge in [0.05, 0.1) is 36.5 Å². The summed E-state index contributed by atoms with van der Waals surface area (Å²) in [6.07, 6.45) is 0. The number of thiazole rings is 1. The fourth-order valence-corrected chi connectivity index (χ4v) is 4.22. The first-order chi connectivity index (χ1) is 13.8. The molecule has 0 saturated carbocycles. The number of urea groups is 1. The molecule has 158 valence electrons. The summed E-state index contributed by atoms with van der Waals surface area (Å²) in [6, 6.07) is 7.70. The number of nitrogens with one attached hydrogen (secondary N) is 2. The number of morpholine rings is 1. The van der Waals surface area contributed by atoms with Crippen molar-refractivity contribution in [1.82, 2.24) is 20.5 Å². The number of carbonyl (C=O) groups is 1. The highest BCUT2D eigenvalue weighted by atomic mass is 35.5. The first-order valence-electron chi connectivity index (χ1n) is 9.87. The van der Waals surface area contributed by atoms with E-state index in [0.29, 0.717) is 31.3 Å². The molecule has 0 spiro atoms. The maximum atomic E-state index is 12.4. The van der Waals surface area contributed by atoms with Crippen LogP contribution in [-0.2, 0) is 16.7 Å². The highest BCUT2D eigenvalue weighted by Crippen LogP contribution is 2.25. The maximum absolute atomic E-state index is 12.4. The second kappa shape index (κ2) is 9.89. The molecule has 2 aromatic rings. The molecule has 1 atom stereocenters. The highest BCUT2D eigenvalue weighted by Gasteiger charge is 2.23. The van der Waals surface area contributed by atoms with Crippen LogP contribution in [0.5, 0.6) is 0 Å². The third kappa shape index (κ3) is 6.40. The smallest absolute Gasteiger partial charge is 0.315 e. The Morgan fingerprint density at radius 2 is 1.93 bits per heavy atom. The van der Waals surface area contributed by atoms with Gasteiger partial charge in [0.15, 0.2) is 0 Å². The largest absolute Gasteiger partial charge is 0.379 e. The van der Waals surface area contributed by atoms with Crippen LogP contribution < -0.4 is 10.6 Å². The number of ether oxygens (including phenoxy) is 1. The topological polar surface area (TPSA) is 66.5 Å². The van der Waals surface area contributed by atoms with Crippen molar-refractivity contribution in [3.63, 3.8) is 0 Å². The Morgan fingerprint density at radius 3 is 2.55 bits per heavy atom. The minimum Gasteiger partial charge on any atom is -0.379 e. The lowest BCUT2D eigenvalue weighted by atomic mass is 9.98. The molecule has 29 heavy (non-hydrogen) atoms. The number of halogens is 1. The molecule has 1 aromatic heterocycles. The van der Waals surface area contributed by atoms with E-state index >= 15 is 0 Å². The van der Waals surface area contributed by atoms with E-state index in [1.165, 1.54) is 0 Å². The number of aromatic nitrogens is 1. The lowest BCUT2D eigenvalue weighted by molar-refractivity contribution is 0.0167. The summed E-state index contributed by atoms with van der Waals surface area (Å²) in [7, 11) is 0. The Labute approximate surface area is 181 Å². The van der Waals surface area contributed by atoms with Crippen molar-refractivity contribution >= 4 is 29.0 Å². The third-order valence-electron chi connectivity index (χ3n) is 4.82. The summed E-state index contributed by atoms with van der Waals surface area (Å²) in [5.41, 5.74) is 2.04. The molecule has 1 saturated heterocycles. The summed E-state index contributed by atoms with van der Waals surface area (Å²) in [6.45, 7) is 10.4. The number of carbonyl (C=O) groups excluding carboxylic acids is 1. The highest BCUT2D eigenvalue weighted by molar-refractivity contribution is 7.09. The van der Waals surface area contributed by atoms with Gasteiger partial charge in [-0.3, -0.25) is 4.90 Å². The van der Waals surface area contributed by atoms with Crippen molar-refractivity contribution in [3.05, 3.63) is 50.9 Å². The van der Waals surface area contributed by atoms with Crippen molar-refractivity contribution < 1.29 is 9.53 Å². The number of hydrogen-bond donors (Lipinski definition) is 2. The van der Waals surface area contributed by atoms with Crippen molar-refractivity contribution in [3.8, 4) is 0 Å². The van der Waals surface area contributed by atoms with Crippen molar-refractivity contribution in [2.45, 2.75) is 38.8 Å². The lowest BCUT2D eigenvalue weighted by Gasteiger charge is -2.35. The molecule has 6 nitrogen and oxygen atoms in total. The predicted molar refractivity (Wildman–Crippen MR) is 118 cm³/mol. The Hall–Kier alpha value is -1.67. The van der Waals surface area contributed by atoms with Crippen LogP contribution in [0.4, 0.5) is 4.79 Å². The molecule has 1 aliphatic heterocycles. The van der Waals surface area contributed by atoms with Crippen LogP contribution in [0.25, 0.3) is 0 Å². The third-order valence-corrected chi connectivity index (χ3v) is 6.39.